The summed E-state index contributed by atoms with van der Waals surface area (Å²) in [5.41, 5.74) is 3.17. The minimum Gasteiger partial charge on any atom is -0.368 e. The monoisotopic (exact) mass is 345 g/mol. The molecule has 0 aliphatic carbocycles. The molecular weight excluding hydrogens is 326 g/mol. The highest BCUT2D eigenvalue weighted by Gasteiger charge is 2.03. The maximum absolute atomic E-state index is 4.41. The van der Waals surface area contributed by atoms with Crippen LogP contribution in [0.2, 0.25) is 0 Å². The third-order valence-electron chi connectivity index (χ3n) is 3.98. The maximum Gasteiger partial charge on any atom is 0.175 e. The largest absolute Gasteiger partial charge is 0.368 e. The number of nitrogens with zero attached hydrogens (tertiary/aromatic N) is 6. The second-order valence-corrected chi connectivity index (χ2v) is 5.98. The average molecular weight is 345 g/mol. The fourth-order valence-electron chi connectivity index (χ4n) is 2.63. The van der Waals surface area contributed by atoms with Gasteiger partial charge in [-0.2, -0.15) is 10.2 Å². The van der Waals surface area contributed by atoms with E-state index in [1.54, 1.807) is 4.68 Å². The Bertz CT molecular complexity index is 971. The van der Waals surface area contributed by atoms with Crippen LogP contribution in [0.25, 0.3) is 11.5 Å². The molecule has 130 valence electrons. The molecule has 4 aromatic rings. The van der Waals surface area contributed by atoms with E-state index in [0.717, 1.165) is 35.7 Å². The Hall–Kier alpha value is -3.48. The summed E-state index contributed by atoms with van der Waals surface area (Å²) in [7, 11) is 0. The van der Waals surface area contributed by atoms with Crippen LogP contribution in [0.1, 0.15) is 11.3 Å². The van der Waals surface area contributed by atoms with E-state index in [1.165, 1.54) is 0 Å². The van der Waals surface area contributed by atoms with Crippen LogP contribution in [-0.2, 0) is 6.42 Å². The Morgan fingerprint density at radius 1 is 0.962 bits per heavy atom. The summed E-state index contributed by atoms with van der Waals surface area (Å²) in [5.74, 6) is 1.45. The Kier molecular flexibility index (Phi) is 4.42. The Labute approximate surface area is 151 Å². The lowest BCUT2D eigenvalue weighted by molar-refractivity contribution is 0.803. The van der Waals surface area contributed by atoms with Gasteiger partial charge in [0.1, 0.15) is 5.82 Å². The fourth-order valence-corrected chi connectivity index (χ4v) is 2.63. The highest BCUT2D eigenvalue weighted by atomic mass is 15.3. The van der Waals surface area contributed by atoms with E-state index in [2.05, 4.69) is 25.7 Å². The van der Waals surface area contributed by atoms with Crippen LogP contribution in [-0.4, -0.2) is 36.3 Å². The molecule has 0 atom stereocenters. The number of nitrogens with one attached hydrogen (secondary N) is 1. The van der Waals surface area contributed by atoms with E-state index in [1.807, 2.05) is 78.7 Å². The van der Waals surface area contributed by atoms with Crippen molar-refractivity contribution >= 4 is 5.82 Å². The first kappa shape index (κ1) is 16.0. The van der Waals surface area contributed by atoms with E-state index in [9.17, 15) is 0 Å². The first-order valence-electron chi connectivity index (χ1n) is 8.47. The Balaban J connectivity index is 1.33. The van der Waals surface area contributed by atoms with Gasteiger partial charge in [0.15, 0.2) is 5.82 Å². The zero-order valence-corrected chi connectivity index (χ0v) is 14.4. The highest BCUT2D eigenvalue weighted by molar-refractivity contribution is 5.36. The molecule has 3 aromatic heterocycles. The molecule has 0 saturated heterocycles. The number of hydrogen-bond acceptors (Lipinski definition) is 5. The lowest BCUT2D eigenvalue weighted by atomic mass is 10.2. The molecule has 0 bridgehead atoms. The molecule has 4 rings (SSSR count). The van der Waals surface area contributed by atoms with E-state index < -0.39 is 0 Å². The number of aromatic nitrogens is 6. The van der Waals surface area contributed by atoms with Crippen LogP contribution >= 0.6 is 0 Å². The molecule has 0 saturated carbocycles. The molecular formula is C19H19N7. The third-order valence-corrected chi connectivity index (χ3v) is 3.98. The van der Waals surface area contributed by atoms with Crippen LogP contribution in [0, 0.1) is 6.92 Å². The summed E-state index contributed by atoms with van der Waals surface area (Å²) < 4.78 is 3.60. The molecule has 0 unspecified atom stereocenters. The lowest BCUT2D eigenvalue weighted by Crippen LogP contribution is -2.08. The number of hydrogen-bond donors (Lipinski definition) is 1. The summed E-state index contributed by atoms with van der Waals surface area (Å²) in [6, 6.07) is 15.8. The van der Waals surface area contributed by atoms with Gasteiger partial charge in [-0.05, 0) is 49.2 Å². The van der Waals surface area contributed by atoms with Gasteiger partial charge < -0.3 is 5.32 Å². The van der Waals surface area contributed by atoms with Crippen molar-refractivity contribution in [3.8, 4) is 11.5 Å². The fraction of sp³-hybridized carbons (Fsp3) is 0.158. The minimum absolute atomic E-state index is 0.702. The first-order chi connectivity index (χ1) is 12.8. The van der Waals surface area contributed by atoms with Crippen molar-refractivity contribution in [1.82, 2.24) is 29.8 Å². The predicted octanol–water partition coefficient (Wildman–Crippen LogP) is 2.81. The molecule has 26 heavy (non-hydrogen) atoms. The normalized spacial score (nSPS) is 10.8. The lowest BCUT2D eigenvalue weighted by Gasteiger charge is -2.05. The smallest absolute Gasteiger partial charge is 0.175 e. The van der Waals surface area contributed by atoms with Crippen LogP contribution in [0.15, 0.2) is 67.1 Å². The quantitative estimate of drug-likeness (QED) is 0.582. The van der Waals surface area contributed by atoms with E-state index in [-0.39, 0.29) is 0 Å². The van der Waals surface area contributed by atoms with Gasteiger partial charge in [0, 0.05) is 18.9 Å². The highest BCUT2D eigenvalue weighted by Crippen LogP contribution is 2.09. The first-order valence-corrected chi connectivity index (χ1v) is 8.47. The van der Waals surface area contributed by atoms with Crippen LogP contribution < -0.4 is 5.32 Å². The van der Waals surface area contributed by atoms with Crippen LogP contribution in [0.4, 0.5) is 5.82 Å². The summed E-state index contributed by atoms with van der Waals surface area (Å²) >= 11 is 0. The van der Waals surface area contributed by atoms with Crippen molar-refractivity contribution in [1.29, 1.82) is 0 Å². The van der Waals surface area contributed by atoms with Crippen molar-refractivity contribution in [3.63, 3.8) is 0 Å². The van der Waals surface area contributed by atoms with E-state index in [4.69, 9.17) is 0 Å². The average Bonchev–Trinajstić information content (AvgIpc) is 3.32. The number of benzene rings is 1. The number of para-hydroxylation sites is 1. The summed E-state index contributed by atoms with van der Waals surface area (Å²) in [6.07, 6.45) is 6.67. The SMILES string of the molecule is Cc1ccn(-c2ccc(NCCc3cnn(-c4ccccc4)c3)nn2)n1. The molecule has 0 amide bonds. The van der Waals surface area contributed by atoms with Crippen molar-refractivity contribution in [2.45, 2.75) is 13.3 Å². The molecule has 0 aliphatic heterocycles. The van der Waals surface area contributed by atoms with Crippen molar-refractivity contribution < 1.29 is 0 Å². The van der Waals surface area contributed by atoms with Gasteiger partial charge in [0.25, 0.3) is 0 Å². The Morgan fingerprint density at radius 2 is 1.85 bits per heavy atom. The zero-order valence-electron chi connectivity index (χ0n) is 14.4. The topological polar surface area (TPSA) is 73.5 Å². The van der Waals surface area contributed by atoms with E-state index >= 15 is 0 Å². The molecule has 0 aliphatic rings. The molecule has 7 nitrogen and oxygen atoms in total. The second kappa shape index (κ2) is 7.18. The minimum atomic E-state index is 0.702. The molecule has 0 spiro atoms. The van der Waals surface area contributed by atoms with Crippen molar-refractivity contribution in [3.05, 3.63) is 78.4 Å². The molecule has 3 heterocycles. The van der Waals surface area contributed by atoms with Crippen LogP contribution in [0.5, 0.6) is 0 Å². The predicted molar refractivity (Wildman–Crippen MR) is 99.6 cm³/mol. The molecule has 0 fully saturated rings. The van der Waals surface area contributed by atoms with Crippen molar-refractivity contribution in [2.75, 3.05) is 11.9 Å². The third kappa shape index (κ3) is 3.61. The van der Waals surface area contributed by atoms with Gasteiger partial charge in [-0.25, -0.2) is 9.36 Å². The molecule has 0 radical (unpaired) electrons. The van der Waals surface area contributed by atoms with Gasteiger partial charge in [0.2, 0.25) is 0 Å². The number of aryl methyl sites for hydroxylation is 1. The standard InChI is InChI=1S/C19H19N7/c1-15-10-12-25(24-15)19-8-7-18(22-23-19)20-11-9-16-13-21-26(14-16)17-5-3-2-4-6-17/h2-8,10,12-14H,9,11H2,1H3,(H,20,22). The summed E-state index contributed by atoms with van der Waals surface area (Å²) in [6.45, 7) is 2.70. The van der Waals surface area contributed by atoms with Gasteiger partial charge >= 0.3 is 0 Å². The van der Waals surface area contributed by atoms with Gasteiger partial charge in [-0.1, -0.05) is 18.2 Å². The zero-order chi connectivity index (χ0) is 17.8. The van der Waals surface area contributed by atoms with Gasteiger partial charge in [0.05, 0.1) is 17.6 Å². The summed E-state index contributed by atoms with van der Waals surface area (Å²) in [4.78, 5) is 0. The maximum atomic E-state index is 4.41. The van der Waals surface area contributed by atoms with Crippen molar-refractivity contribution in [2.24, 2.45) is 0 Å². The van der Waals surface area contributed by atoms with Crippen LogP contribution in [0.3, 0.4) is 0 Å². The molecule has 7 heteroatoms. The summed E-state index contributed by atoms with van der Waals surface area (Å²) in [5, 5.41) is 20.4. The van der Waals surface area contributed by atoms with Gasteiger partial charge in [-0.3, -0.25) is 0 Å². The number of anilines is 1. The van der Waals surface area contributed by atoms with E-state index in [0.29, 0.717) is 5.82 Å². The second-order valence-electron chi connectivity index (χ2n) is 5.98. The molecule has 1 aromatic carbocycles. The van der Waals surface area contributed by atoms with Gasteiger partial charge in [-0.15, -0.1) is 10.2 Å². The Morgan fingerprint density at radius 3 is 2.58 bits per heavy atom. The molecule has 1 N–H and O–H groups in total. The number of rotatable bonds is 6.